The van der Waals surface area contributed by atoms with Crippen molar-refractivity contribution in [2.24, 2.45) is 16.3 Å². The van der Waals surface area contributed by atoms with E-state index in [1.54, 1.807) is 0 Å². The van der Waals surface area contributed by atoms with Crippen molar-refractivity contribution < 1.29 is 10.1 Å². The molecule has 2 rings (SSSR count). The Morgan fingerprint density at radius 3 is 2.90 bits per heavy atom. The molecule has 0 atom stereocenters. The van der Waals surface area contributed by atoms with Gasteiger partial charge >= 0.3 is 5.69 Å². The van der Waals surface area contributed by atoms with Crippen molar-refractivity contribution in [1.29, 1.82) is 0 Å². The Balaban J connectivity index is 2.41. The second-order valence-corrected chi connectivity index (χ2v) is 6.00. The standard InChI is InChI=1S/C13H19N5O3/c1-13(2)4-3-5-17(8-13)12-10(18(20)21)6-9(7-15-12)11(14)16-19/h6-7,19H,3-5,8H2,1-2H3,(H2,14,16). The Kier molecular flexibility index (Phi) is 3.97. The van der Waals surface area contributed by atoms with Crippen LogP contribution < -0.4 is 10.6 Å². The fourth-order valence-corrected chi connectivity index (χ4v) is 2.63. The van der Waals surface area contributed by atoms with Crippen LogP contribution in [0.1, 0.15) is 32.3 Å². The molecule has 0 saturated carbocycles. The molecule has 8 heteroatoms. The third-order valence-electron chi connectivity index (χ3n) is 3.65. The van der Waals surface area contributed by atoms with Crippen LogP contribution in [0.2, 0.25) is 0 Å². The molecule has 0 aromatic carbocycles. The minimum atomic E-state index is -0.488. The second-order valence-electron chi connectivity index (χ2n) is 6.00. The highest BCUT2D eigenvalue weighted by Crippen LogP contribution is 2.34. The third-order valence-corrected chi connectivity index (χ3v) is 3.65. The zero-order chi connectivity index (χ0) is 15.6. The minimum Gasteiger partial charge on any atom is -0.409 e. The second kappa shape index (κ2) is 5.55. The summed E-state index contributed by atoms with van der Waals surface area (Å²) in [5.41, 5.74) is 5.65. The van der Waals surface area contributed by atoms with Crippen molar-refractivity contribution in [2.75, 3.05) is 18.0 Å². The molecule has 1 fully saturated rings. The van der Waals surface area contributed by atoms with E-state index in [0.717, 1.165) is 19.4 Å². The molecule has 0 unspecified atom stereocenters. The van der Waals surface area contributed by atoms with Gasteiger partial charge in [-0.15, -0.1) is 0 Å². The molecule has 1 aliphatic rings. The molecule has 1 saturated heterocycles. The predicted octanol–water partition coefficient (Wildman–Crippen LogP) is 1.71. The fraction of sp³-hybridized carbons (Fsp3) is 0.538. The van der Waals surface area contributed by atoms with E-state index < -0.39 is 4.92 Å². The van der Waals surface area contributed by atoms with Gasteiger partial charge in [0, 0.05) is 30.9 Å². The minimum absolute atomic E-state index is 0.0953. The Hall–Kier alpha value is -2.38. The first-order valence-electron chi connectivity index (χ1n) is 6.71. The number of amidine groups is 1. The number of rotatable bonds is 3. The number of oxime groups is 1. The van der Waals surface area contributed by atoms with E-state index in [2.05, 4.69) is 24.0 Å². The molecule has 2 heterocycles. The lowest BCUT2D eigenvalue weighted by Crippen LogP contribution is -2.40. The monoisotopic (exact) mass is 293 g/mol. The molecule has 21 heavy (non-hydrogen) atoms. The largest absolute Gasteiger partial charge is 0.409 e. The lowest BCUT2D eigenvalue weighted by molar-refractivity contribution is -0.384. The molecular weight excluding hydrogens is 274 g/mol. The van der Waals surface area contributed by atoms with Gasteiger partial charge in [0.15, 0.2) is 5.84 Å². The van der Waals surface area contributed by atoms with Gasteiger partial charge in [0.2, 0.25) is 5.82 Å². The van der Waals surface area contributed by atoms with E-state index in [1.807, 2.05) is 4.90 Å². The van der Waals surface area contributed by atoms with Crippen LogP contribution in [-0.4, -0.2) is 34.0 Å². The lowest BCUT2D eigenvalue weighted by atomic mass is 9.84. The van der Waals surface area contributed by atoms with Gasteiger partial charge in [0.25, 0.3) is 0 Å². The van der Waals surface area contributed by atoms with Crippen molar-refractivity contribution in [3.8, 4) is 0 Å². The van der Waals surface area contributed by atoms with E-state index in [9.17, 15) is 10.1 Å². The number of hydrogen-bond acceptors (Lipinski definition) is 6. The molecule has 0 radical (unpaired) electrons. The number of nitrogens with two attached hydrogens (primary N) is 1. The van der Waals surface area contributed by atoms with Crippen LogP contribution >= 0.6 is 0 Å². The van der Waals surface area contributed by atoms with Crippen molar-refractivity contribution in [1.82, 2.24) is 4.98 Å². The average Bonchev–Trinajstić information content (AvgIpc) is 2.44. The Bertz CT molecular complexity index is 585. The van der Waals surface area contributed by atoms with Crippen LogP contribution in [0.3, 0.4) is 0 Å². The molecular formula is C13H19N5O3. The van der Waals surface area contributed by atoms with E-state index in [-0.39, 0.29) is 22.5 Å². The Labute approximate surface area is 122 Å². The quantitative estimate of drug-likeness (QED) is 0.288. The van der Waals surface area contributed by atoms with Crippen LogP contribution in [0.5, 0.6) is 0 Å². The highest BCUT2D eigenvalue weighted by molar-refractivity contribution is 5.97. The maximum absolute atomic E-state index is 11.3. The molecule has 0 amide bonds. The number of aromatic nitrogens is 1. The summed E-state index contributed by atoms with van der Waals surface area (Å²) in [6, 6.07) is 1.29. The number of anilines is 1. The van der Waals surface area contributed by atoms with Gasteiger partial charge < -0.3 is 15.8 Å². The van der Waals surface area contributed by atoms with Gasteiger partial charge in [-0.05, 0) is 18.3 Å². The van der Waals surface area contributed by atoms with E-state index in [4.69, 9.17) is 10.9 Å². The summed E-state index contributed by atoms with van der Waals surface area (Å²) < 4.78 is 0. The van der Waals surface area contributed by atoms with Gasteiger partial charge in [-0.2, -0.15) is 0 Å². The SMILES string of the molecule is CC1(C)CCCN(c2ncc(C(N)=NO)cc2[N+](=O)[O-])C1. The summed E-state index contributed by atoms with van der Waals surface area (Å²) in [5, 5.41) is 22.8. The summed E-state index contributed by atoms with van der Waals surface area (Å²) in [7, 11) is 0. The van der Waals surface area contributed by atoms with Crippen LogP contribution in [0.4, 0.5) is 11.5 Å². The number of pyridine rings is 1. The predicted molar refractivity (Wildman–Crippen MR) is 78.6 cm³/mol. The lowest BCUT2D eigenvalue weighted by Gasteiger charge is -2.38. The molecule has 8 nitrogen and oxygen atoms in total. The number of hydrogen-bond donors (Lipinski definition) is 2. The zero-order valence-electron chi connectivity index (χ0n) is 12.1. The van der Waals surface area contributed by atoms with Crippen molar-refractivity contribution in [3.63, 3.8) is 0 Å². The Morgan fingerprint density at radius 1 is 1.62 bits per heavy atom. The van der Waals surface area contributed by atoms with E-state index in [1.165, 1.54) is 12.3 Å². The molecule has 0 spiro atoms. The summed E-state index contributed by atoms with van der Waals surface area (Å²) in [6.07, 6.45) is 3.44. The number of piperidine rings is 1. The molecule has 0 bridgehead atoms. The smallest absolute Gasteiger partial charge is 0.312 e. The fourth-order valence-electron chi connectivity index (χ4n) is 2.63. The molecule has 1 aromatic heterocycles. The maximum atomic E-state index is 11.3. The molecule has 1 aliphatic heterocycles. The van der Waals surface area contributed by atoms with Gasteiger partial charge in [-0.3, -0.25) is 10.1 Å². The topological polar surface area (TPSA) is 118 Å². The van der Waals surface area contributed by atoms with Gasteiger partial charge in [0.05, 0.1) is 4.92 Å². The average molecular weight is 293 g/mol. The number of nitrogens with zero attached hydrogens (tertiary/aromatic N) is 4. The van der Waals surface area contributed by atoms with Gasteiger partial charge in [-0.1, -0.05) is 19.0 Å². The van der Waals surface area contributed by atoms with Crippen LogP contribution in [0.15, 0.2) is 17.4 Å². The summed E-state index contributed by atoms with van der Waals surface area (Å²) >= 11 is 0. The first-order chi connectivity index (χ1) is 9.84. The summed E-state index contributed by atoms with van der Waals surface area (Å²) in [4.78, 5) is 16.9. The van der Waals surface area contributed by atoms with Gasteiger partial charge in [0.1, 0.15) is 0 Å². The van der Waals surface area contributed by atoms with Crippen LogP contribution in [0, 0.1) is 15.5 Å². The first kappa shape index (κ1) is 15.0. The summed E-state index contributed by atoms with van der Waals surface area (Å²) in [5.74, 6) is 0.137. The van der Waals surface area contributed by atoms with Crippen molar-refractivity contribution >= 4 is 17.3 Å². The van der Waals surface area contributed by atoms with Crippen LogP contribution in [0.25, 0.3) is 0 Å². The van der Waals surface area contributed by atoms with E-state index >= 15 is 0 Å². The van der Waals surface area contributed by atoms with Crippen molar-refractivity contribution in [3.05, 3.63) is 27.9 Å². The van der Waals surface area contributed by atoms with Crippen molar-refractivity contribution in [2.45, 2.75) is 26.7 Å². The number of nitro groups is 1. The Morgan fingerprint density at radius 2 is 2.33 bits per heavy atom. The summed E-state index contributed by atoms with van der Waals surface area (Å²) in [6.45, 7) is 5.72. The molecule has 114 valence electrons. The van der Waals surface area contributed by atoms with Gasteiger partial charge in [-0.25, -0.2) is 4.98 Å². The normalized spacial score (nSPS) is 18.6. The molecule has 0 aliphatic carbocycles. The highest BCUT2D eigenvalue weighted by Gasteiger charge is 2.31. The third kappa shape index (κ3) is 3.21. The first-order valence-corrected chi connectivity index (χ1v) is 6.71. The molecule has 1 aromatic rings. The molecule has 3 N–H and O–H groups in total. The van der Waals surface area contributed by atoms with E-state index in [0.29, 0.717) is 12.4 Å². The zero-order valence-corrected chi connectivity index (χ0v) is 12.1. The van der Waals surface area contributed by atoms with Crippen LogP contribution in [-0.2, 0) is 0 Å². The highest BCUT2D eigenvalue weighted by atomic mass is 16.6. The maximum Gasteiger partial charge on any atom is 0.312 e.